The van der Waals surface area contributed by atoms with Crippen LogP contribution in [-0.2, 0) is 6.54 Å². The summed E-state index contributed by atoms with van der Waals surface area (Å²) in [6.45, 7) is 3.30. The Morgan fingerprint density at radius 3 is 2.65 bits per heavy atom. The van der Waals surface area contributed by atoms with Crippen molar-refractivity contribution >= 4 is 29.0 Å². The number of Topliss-reactive ketones (excluding diaryl/α,β-unsaturated/α-hetero) is 1. The maximum absolute atomic E-state index is 13.5. The Bertz CT molecular complexity index is 1070. The van der Waals surface area contributed by atoms with Crippen LogP contribution in [0.3, 0.4) is 0 Å². The Balaban J connectivity index is 1.98. The summed E-state index contributed by atoms with van der Waals surface area (Å²) >= 11 is 11.6. The summed E-state index contributed by atoms with van der Waals surface area (Å²) in [5.74, 6) is -0.678. The topological polar surface area (TPSA) is 56.9 Å². The van der Waals surface area contributed by atoms with Crippen LogP contribution in [-0.4, -0.2) is 20.1 Å². The molecule has 0 saturated heterocycles. The number of rotatable bonds is 4. The number of benzene rings is 1. The first-order valence-electron chi connectivity index (χ1n) is 7.68. The van der Waals surface area contributed by atoms with E-state index in [0.717, 1.165) is 10.4 Å². The van der Waals surface area contributed by atoms with Crippen molar-refractivity contribution in [1.29, 1.82) is 0 Å². The van der Waals surface area contributed by atoms with E-state index < -0.39 is 5.56 Å². The number of hydrogen-bond donors (Lipinski definition) is 0. The Morgan fingerprint density at radius 2 is 1.96 bits per heavy atom. The Kier molecular flexibility index (Phi) is 4.98. The minimum atomic E-state index is -0.633. The fraction of sp³-hybridized carbons (Fsp3) is 0.167. The third-order valence-electron chi connectivity index (χ3n) is 4.03. The lowest BCUT2D eigenvalue weighted by Gasteiger charge is -2.10. The fourth-order valence-corrected chi connectivity index (χ4v) is 3.11. The Labute approximate surface area is 158 Å². The summed E-state index contributed by atoms with van der Waals surface area (Å²) in [4.78, 5) is 24.7. The molecule has 26 heavy (non-hydrogen) atoms. The second-order valence-corrected chi connectivity index (χ2v) is 6.58. The number of hydrogen-bond acceptors (Lipinski definition) is 3. The van der Waals surface area contributed by atoms with Gasteiger partial charge in [0.15, 0.2) is 5.78 Å². The van der Waals surface area contributed by atoms with Gasteiger partial charge >= 0.3 is 0 Å². The predicted molar refractivity (Wildman–Crippen MR) is 98.0 cm³/mol. The van der Waals surface area contributed by atoms with Gasteiger partial charge in [-0.25, -0.2) is 9.07 Å². The van der Waals surface area contributed by atoms with E-state index in [4.69, 9.17) is 23.2 Å². The molecule has 3 aromatic rings. The highest BCUT2D eigenvalue weighted by Gasteiger charge is 2.19. The summed E-state index contributed by atoms with van der Waals surface area (Å²) in [7, 11) is 0. The number of carbonyl (C=O) groups excluding carboxylic acids is 1. The lowest BCUT2D eigenvalue weighted by Crippen LogP contribution is -2.27. The summed E-state index contributed by atoms with van der Waals surface area (Å²) in [5, 5.41) is 3.69. The van der Waals surface area contributed by atoms with Crippen molar-refractivity contribution in [2.24, 2.45) is 0 Å². The maximum Gasteiger partial charge on any atom is 0.287 e. The summed E-state index contributed by atoms with van der Waals surface area (Å²) < 4.78 is 16.3. The normalized spacial score (nSPS) is 11.0. The lowest BCUT2D eigenvalue weighted by molar-refractivity contribution is 0.0965. The highest BCUT2D eigenvalue weighted by Crippen LogP contribution is 2.22. The van der Waals surface area contributed by atoms with Gasteiger partial charge in [-0.2, -0.15) is 5.10 Å². The molecular weight excluding hydrogens is 380 g/mol. The smallest absolute Gasteiger partial charge is 0.287 e. The number of nitrogens with zero attached hydrogens (tertiary/aromatic N) is 3. The molecule has 0 bridgehead atoms. The molecule has 0 aliphatic carbocycles. The van der Waals surface area contributed by atoms with Gasteiger partial charge in [0.2, 0.25) is 0 Å². The fourth-order valence-electron chi connectivity index (χ4n) is 2.84. The van der Waals surface area contributed by atoms with Crippen molar-refractivity contribution in [1.82, 2.24) is 14.3 Å². The molecule has 0 N–H and O–H groups in total. The molecule has 3 rings (SSSR count). The van der Waals surface area contributed by atoms with Crippen molar-refractivity contribution in [2.75, 3.05) is 0 Å². The van der Waals surface area contributed by atoms with Crippen molar-refractivity contribution in [3.05, 3.63) is 79.7 Å². The molecule has 0 amide bonds. The molecule has 2 aromatic heterocycles. The molecule has 5 nitrogen and oxygen atoms in total. The number of carbonyl (C=O) groups is 1. The summed E-state index contributed by atoms with van der Waals surface area (Å²) in [6, 6.07) is 7.79. The van der Waals surface area contributed by atoms with Gasteiger partial charge in [-0.3, -0.25) is 9.59 Å². The molecule has 0 unspecified atom stereocenters. The van der Waals surface area contributed by atoms with Gasteiger partial charge < -0.3 is 4.57 Å². The molecule has 134 valence electrons. The zero-order valence-electron chi connectivity index (χ0n) is 14.0. The number of aryl methyl sites for hydroxylation is 1. The van der Waals surface area contributed by atoms with Gasteiger partial charge in [-0.1, -0.05) is 29.3 Å². The first-order valence-corrected chi connectivity index (χ1v) is 8.44. The van der Waals surface area contributed by atoms with Crippen LogP contribution in [0.4, 0.5) is 4.39 Å². The maximum atomic E-state index is 13.5. The van der Waals surface area contributed by atoms with Gasteiger partial charge in [0.1, 0.15) is 17.4 Å². The van der Waals surface area contributed by atoms with Crippen LogP contribution in [0.5, 0.6) is 0 Å². The number of aromatic nitrogens is 3. The molecule has 0 aliphatic rings. The number of halogens is 3. The van der Waals surface area contributed by atoms with Crippen LogP contribution in [0.2, 0.25) is 10.0 Å². The second-order valence-electron chi connectivity index (χ2n) is 5.79. The van der Waals surface area contributed by atoms with E-state index in [1.54, 1.807) is 29.7 Å². The minimum Gasteiger partial charge on any atom is -0.318 e. The van der Waals surface area contributed by atoms with E-state index >= 15 is 0 Å². The molecule has 0 radical (unpaired) electrons. The van der Waals surface area contributed by atoms with Crippen LogP contribution in [0.1, 0.15) is 21.7 Å². The van der Waals surface area contributed by atoms with Crippen LogP contribution < -0.4 is 5.56 Å². The zero-order valence-corrected chi connectivity index (χ0v) is 15.5. The largest absolute Gasteiger partial charge is 0.318 e. The first-order chi connectivity index (χ1) is 12.3. The van der Waals surface area contributed by atoms with Gasteiger partial charge in [0, 0.05) is 22.6 Å². The molecule has 2 heterocycles. The minimum absolute atomic E-state index is 0.0321. The van der Waals surface area contributed by atoms with E-state index in [1.165, 1.54) is 18.3 Å². The quantitative estimate of drug-likeness (QED) is 0.629. The molecule has 8 heteroatoms. The van der Waals surface area contributed by atoms with Gasteiger partial charge in [-0.05, 0) is 38.1 Å². The van der Waals surface area contributed by atoms with Crippen molar-refractivity contribution in [2.45, 2.75) is 20.4 Å². The van der Waals surface area contributed by atoms with Crippen LogP contribution >= 0.6 is 23.2 Å². The molecule has 0 atom stereocenters. The monoisotopic (exact) mass is 393 g/mol. The van der Waals surface area contributed by atoms with Crippen molar-refractivity contribution in [3.8, 4) is 5.69 Å². The van der Waals surface area contributed by atoms with E-state index in [1.807, 2.05) is 6.92 Å². The van der Waals surface area contributed by atoms with E-state index in [2.05, 4.69) is 5.10 Å². The molecule has 0 fully saturated rings. The van der Waals surface area contributed by atoms with Crippen molar-refractivity contribution < 1.29 is 9.18 Å². The third kappa shape index (κ3) is 3.30. The Hall–Kier alpha value is -2.44. The second kappa shape index (κ2) is 7.05. The Morgan fingerprint density at radius 1 is 1.23 bits per heavy atom. The third-order valence-corrected chi connectivity index (χ3v) is 4.78. The van der Waals surface area contributed by atoms with Gasteiger partial charge in [0.25, 0.3) is 5.56 Å². The van der Waals surface area contributed by atoms with Gasteiger partial charge in [-0.15, -0.1) is 0 Å². The van der Waals surface area contributed by atoms with Gasteiger partial charge in [0.05, 0.1) is 11.2 Å². The van der Waals surface area contributed by atoms with E-state index in [0.29, 0.717) is 16.9 Å². The van der Waals surface area contributed by atoms with E-state index in [9.17, 15) is 14.0 Å². The molecule has 0 saturated carbocycles. The lowest BCUT2D eigenvalue weighted by atomic mass is 10.1. The summed E-state index contributed by atoms with van der Waals surface area (Å²) in [6.07, 6.45) is 1.22. The van der Waals surface area contributed by atoms with Crippen molar-refractivity contribution in [3.63, 3.8) is 0 Å². The zero-order chi connectivity index (χ0) is 19.0. The van der Waals surface area contributed by atoms with E-state index in [-0.39, 0.29) is 28.2 Å². The average Bonchev–Trinajstić information content (AvgIpc) is 2.90. The van der Waals surface area contributed by atoms with Crippen LogP contribution in [0.25, 0.3) is 5.69 Å². The number of ketones is 1. The van der Waals surface area contributed by atoms with Crippen LogP contribution in [0.15, 0.2) is 41.3 Å². The average molecular weight is 394 g/mol. The van der Waals surface area contributed by atoms with Crippen LogP contribution in [0, 0.1) is 19.7 Å². The first kappa shape index (κ1) is 18.4. The molecule has 0 aliphatic heterocycles. The molecule has 0 spiro atoms. The highest BCUT2D eigenvalue weighted by atomic mass is 35.5. The highest BCUT2D eigenvalue weighted by molar-refractivity contribution is 6.41. The predicted octanol–water partition coefficient (Wildman–Crippen LogP) is 3.98. The SMILES string of the molecule is Cc1cc(C(=O)Cn2ncc(Cl)c(Cl)c2=O)c(C)n1-c1cccc(F)c1. The summed E-state index contributed by atoms with van der Waals surface area (Å²) in [5.41, 5.74) is 1.82. The standard InChI is InChI=1S/C18H14Cl2FN3O2/c1-10-6-14(11(2)24(10)13-5-3-4-12(21)7-13)16(25)9-23-18(26)17(20)15(19)8-22-23/h3-8H,9H2,1-2H3. The molecule has 1 aromatic carbocycles. The molecular formula is C18H14Cl2FN3O2.